The Morgan fingerprint density at radius 1 is 1.07 bits per heavy atom. The van der Waals surface area contributed by atoms with E-state index in [9.17, 15) is 19.5 Å². The molecule has 40 heavy (non-hydrogen) atoms. The van der Waals surface area contributed by atoms with E-state index in [0.29, 0.717) is 70.0 Å². The fourth-order valence-corrected chi connectivity index (χ4v) is 5.89. The van der Waals surface area contributed by atoms with E-state index in [1.165, 1.54) is 0 Å². The zero-order valence-corrected chi connectivity index (χ0v) is 23.0. The molecule has 1 aromatic heterocycles. The second-order valence-corrected chi connectivity index (χ2v) is 11.4. The maximum atomic E-state index is 13.7. The lowest BCUT2D eigenvalue weighted by molar-refractivity contribution is 0.0534. The van der Waals surface area contributed by atoms with Gasteiger partial charge in [0.1, 0.15) is 24.7 Å². The second-order valence-electron chi connectivity index (χ2n) is 11.0. The van der Waals surface area contributed by atoms with Crippen LogP contribution in [0.15, 0.2) is 36.4 Å². The Morgan fingerprint density at radius 2 is 1.88 bits per heavy atom. The number of aromatic nitrogens is 1. The maximum Gasteiger partial charge on any atom is 0.338 e. The van der Waals surface area contributed by atoms with Gasteiger partial charge in [0, 0.05) is 42.7 Å². The van der Waals surface area contributed by atoms with Crippen LogP contribution in [0.2, 0.25) is 5.02 Å². The quantitative estimate of drug-likeness (QED) is 0.459. The molecular formula is C30H30ClN3O6. The molecule has 2 saturated heterocycles. The van der Waals surface area contributed by atoms with Gasteiger partial charge in [-0.2, -0.15) is 0 Å². The summed E-state index contributed by atoms with van der Waals surface area (Å²) in [5.74, 6) is -0.315. The van der Waals surface area contributed by atoms with Crippen LogP contribution in [0.1, 0.15) is 74.9 Å². The lowest BCUT2D eigenvalue weighted by atomic mass is 10.0. The van der Waals surface area contributed by atoms with Crippen molar-refractivity contribution in [2.75, 3.05) is 26.2 Å². The predicted octanol–water partition coefficient (Wildman–Crippen LogP) is 4.36. The molecule has 0 spiro atoms. The molecule has 10 heteroatoms. The van der Waals surface area contributed by atoms with Crippen LogP contribution in [-0.2, 0) is 18.0 Å². The fraction of sp³-hybridized carbons (Fsp3) is 0.400. The van der Waals surface area contributed by atoms with E-state index >= 15 is 0 Å². The van der Waals surface area contributed by atoms with Crippen LogP contribution in [0.3, 0.4) is 0 Å². The number of aliphatic hydroxyl groups is 1. The van der Waals surface area contributed by atoms with Gasteiger partial charge >= 0.3 is 5.97 Å². The summed E-state index contributed by atoms with van der Waals surface area (Å²) in [7, 11) is 0. The number of hydrogen-bond acceptors (Lipinski definition) is 7. The lowest BCUT2D eigenvalue weighted by Crippen LogP contribution is -2.36. The third-order valence-corrected chi connectivity index (χ3v) is 8.37. The van der Waals surface area contributed by atoms with E-state index in [-0.39, 0.29) is 43.2 Å². The highest BCUT2D eigenvalue weighted by Crippen LogP contribution is 2.32. The first kappa shape index (κ1) is 26.5. The number of benzene rings is 2. The standard InChI is InChI=1S/C30H30ClN3O6/c1-30(38)9-12-34(17-30)28(36)25-14-22(27(35)33-10-3-2-4-11-33)21-13-19(6-8-24(21)32-25)39-15-18-5-7-20-23(26(18)31)16-40-29(20)37/h5-8,13-14,38H,2-4,9-12,15-17H2,1H3. The Bertz CT molecular complexity index is 1530. The van der Waals surface area contributed by atoms with Gasteiger partial charge < -0.3 is 24.4 Å². The van der Waals surface area contributed by atoms with Gasteiger partial charge in [0.25, 0.3) is 11.8 Å². The van der Waals surface area contributed by atoms with Crippen LogP contribution in [0.25, 0.3) is 10.9 Å². The van der Waals surface area contributed by atoms with Gasteiger partial charge in [0.05, 0.1) is 27.3 Å². The van der Waals surface area contributed by atoms with Crippen LogP contribution >= 0.6 is 11.6 Å². The number of fused-ring (bicyclic) bond motifs is 2. The highest BCUT2D eigenvalue weighted by Gasteiger charge is 2.35. The Kier molecular flexibility index (Phi) is 6.88. The highest BCUT2D eigenvalue weighted by atomic mass is 35.5. The molecule has 208 valence electrons. The molecule has 6 rings (SSSR count). The van der Waals surface area contributed by atoms with Crippen LogP contribution in [0.5, 0.6) is 5.75 Å². The Morgan fingerprint density at radius 3 is 2.62 bits per heavy atom. The first-order valence-electron chi connectivity index (χ1n) is 13.6. The summed E-state index contributed by atoms with van der Waals surface area (Å²) >= 11 is 6.53. The number of hydrogen-bond donors (Lipinski definition) is 1. The average molecular weight is 564 g/mol. The number of β-amino-alcohol motifs (C(OH)–C–C–N with tert-alkyl or cyclic N) is 1. The predicted molar refractivity (Wildman–Crippen MR) is 148 cm³/mol. The minimum absolute atomic E-state index is 0.139. The van der Waals surface area contributed by atoms with Crippen molar-refractivity contribution in [3.8, 4) is 5.75 Å². The van der Waals surface area contributed by atoms with E-state index < -0.39 is 5.60 Å². The third-order valence-electron chi connectivity index (χ3n) is 7.90. The molecule has 0 saturated carbocycles. The number of amides is 2. The molecule has 0 aliphatic carbocycles. The van der Waals surface area contributed by atoms with Crippen molar-refractivity contribution in [3.63, 3.8) is 0 Å². The van der Waals surface area contributed by atoms with Crippen molar-refractivity contribution in [1.82, 2.24) is 14.8 Å². The molecule has 0 radical (unpaired) electrons. The van der Waals surface area contributed by atoms with E-state index in [1.807, 2.05) is 4.90 Å². The van der Waals surface area contributed by atoms with E-state index in [4.69, 9.17) is 21.1 Å². The van der Waals surface area contributed by atoms with Gasteiger partial charge in [0.2, 0.25) is 0 Å². The fourth-order valence-electron chi connectivity index (χ4n) is 5.62. The molecule has 2 aromatic carbocycles. The summed E-state index contributed by atoms with van der Waals surface area (Å²) in [6.07, 6.45) is 3.46. The number of esters is 1. The molecule has 1 atom stereocenters. The van der Waals surface area contributed by atoms with Crippen molar-refractivity contribution in [3.05, 3.63) is 69.4 Å². The Balaban J connectivity index is 1.32. The molecule has 1 N–H and O–H groups in total. The molecular weight excluding hydrogens is 534 g/mol. The van der Waals surface area contributed by atoms with Crippen LogP contribution in [0.4, 0.5) is 0 Å². The number of carbonyl (C=O) groups is 3. The zero-order valence-electron chi connectivity index (χ0n) is 22.2. The smallest absolute Gasteiger partial charge is 0.338 e. The van der Waals surface area contributed by atoms with Crippen LogP contribution in [-0.4, -0.2) is 69.5 Å². The number of likely N-dealkylation sites (tertiary alicyclic amines) is 2. The maximum absolute atomic E-state index is 13.7. The van der Waals surface area contributed by atoms with Crippen molar-refractivity contribution < 1.29 is 29.0 Å². The van der Waals surface area contributed by atoms with Gasteiger partial charge in [-0.3, -0.25) is 9.59 Å². The van der Waals surface area contributed by atoms with E-state index in [0.717, 1.165) is 19.3 Å². The number of pyridine rings is 1. The summed E-state index contributed by atoms with van der Waals surface area (Å²) in [4.78, 5) is 46.9. The van der Waals surface area contributed by atoms with E-state index in [1.54, 1.807) is 48.2 Å². The normalized spacial score (nSPS) is 20.5. The molecule has 2 fully saturated rings. The Labute approximate surface area is 236 Å². The van der Waals surface area contributed by atoms with Crippen LogP contribution in [0, 0.1) is 0 Å². The largest absolute Gasteiger partial charge is 0.489 e. The summed E-state index contributed by atoms with van der Waals surface area (Å²) < 4.78 is 11.1. The SMILES string of the molecule is CC1(O)CCN(C(=O)c2cc(C(=O)N3CCCCC3)c3cc(OCc4ccc5c(c4Cl)COC5=O)ccc3n2)C1. The Hall–Kier alpha value is -3.69. The molecule has 3 aliphatic heterocycles. The van der Waals surface area contributed by atoms with Crippen LogP contribution < -0.4 is 4.74 Å². The van der Waals surface area contributed by atoms with Gasteiger partial charge in [-0.05, 0) is 62.9 Å². The molecule has 3 aliphatic rings. The van der Waals surface area contributed by atoms with Gasteiger partial charge in [0.15, 0.2) is 0 Å². The number of rotatable bonds is 5. The first-order chi connectivity index (χ1) is 19.2. The number of ether oxygens (including phenoxy) is 2. The minimum Gasteiger partial charge on any atom is -0.489 e. The summed E-state index contributed by atoms with van der Waals surface area (Å²) in [6, 6.07) is 10.3. The lowest BCUT2D eigenvalue weighted by Gasteiger charge is -2.27. The van der Waals surface area contributed by atoms with Crippen molar-refractivity contribution in [2.24, 2.45) is 0 Å². The van der Waals surface area contributed by atoms with Crippen molar-refractivity contribution >= 4 is 40.3 Å². The summed E-state index contributed by atoms with van der Waals surface area (Å²) in [5, 5.41) is 11.4. The zero-order chi connectivity index (χ0) is 28.0. The van der Waals surface area contributed by atoms with E-state index in [2.05, 4.69) is 4.98 Å². The van der Waals surface area contributed by atoms with Gasteiger partial charge in [-0.1, -0.05) is 17.7 Å². The highest BCUT2D eigenvalue weighted by molar-refractivity contribution is 6.32. The molecule has 2 amide bonds. The average Bonchev–Trinajstić information content (AvgIpc) is 3.53. The number of halogens is 1. The molecule has 0 bridgehead atoms. The van der Waals surface area contributed by atoms with Crippen molar-refractivity contribution in [2.45, 2.75) is 51.4 Å². The first-order valence-corrected chi connectivity index (χ1v) is 13.9. The summed E-state index contributed by atoms with van der Waals surface area (Å²) in [5.41, 5.74) is 1.99. The molecule has 9 nitrogen and oxygen atoms in total. The van der Waals surface area contributed by atoms with Crippen molar-refractivity contribution in [1.29, 1.82) is 0 Å². The monoisotopic (exact) mass is 563 g/mol. The summed E-state index contributed by atoms with van der Waals surface area (Å²) in [6.45, 7) is 3.99. The number of piperidine rings is 1. The second kappa shape index (κ2) is 10.4. The molecule has 3 aromatic rings. The number of carbonyl (C=O) groups excluding carboxylic acids is 3. The number of nitrogens with zero attached hydrogens (tertiary/aromatic N) is 3. The van der Waals surface area contributed by atoms with Gasteiger partial charge in [-0.15, -0.1) is 0 Å². The minimum atomic E-state index is -0.935. The molecule has 1 unspecified atom stereocenters. The number of cyclic esters (lactones) is 1. The molecule has 4 heterocycles. The topological polar surface area (TPSA) is 109 Å². The van der Waals surface area contributed by atoms with Gasteiger partial charge in [-0.25, -0.2) is 9.78 Å². The third kappa shape index (κ3) is 4.99.